The quantitative estimate of drug-likeness (QED) is 0.594. The van der Waals surface area contributed by atoms with Crippen molar-refractivity contribution in [3.8, 4) is 0 Å². The predicted molar refractivity (Wildman–Crippen MR) is 83.9 cm³/mol. The van der Waals surface area contributed by atoms with Gasteiger partial charge in [0.1, 0.15) is 5.60 Å². The van der Waals surface area contributed by atoms with Gasteiger partial charge in [0.2, 0.25) is 0 Å². The fourth-order valence-electron chi connectivity index (χ4n) is 1.92. The standard InChI is InChI=1S/C16H27NO6/c1-16(2,3)23-15(19)17-12(8-9-13(18)20-4)11-22-14-7-5-6-10-21-14/h8-9,12,14H,5-7,10-11H2,1-4H3,(H,17,19)/b9-8+. The van der Waals surface area contributed by atoms with Crippen LogP contribution in [0.3, 0.4) is 0 Å². The SMILES string of the molecule is COC(=O)/C=C/C(COC1CCCCO1)NC(=O)OC(C)(C)C. The molecule has 23 heavy (non-hydrogen) atoms. The van der Waals surface area contributed by atoms with Crippen LogP contribution in [0.25, 0.3) is 0 Å². The lowest BCUT2D eigenvalue weighted by atomic mass is 10.2. The third kappa shape index (κ3) is 9.20. The molecule has 1 aliphatic rings. The van der Waals surface area contributed by atoms with Crippen LogP contribution in [-0.4, -0.2) is 50.3 Å². The molecule has 7 heteroatoms. The second-order valence-electron chi connectivity index (χ2n) is 6.26. The number of esters is 1. The molecule has 1 fully saturated rings. The first kappa shape index (κ1) is 19.4. The second-order valence-corrected chi connectivity index (χ2v) is 6.26. The van der Waals surface area contributed by atoms with Crippen molar-refractivity contribution in [2.75, 3.05) is 20.3 Å². The molecule has 1 rings (SSSR count). The smallest absolute Gasteiger partial charge is 0.408 e. The van der Waals surface area contributed by atoms with Gasteiger partial charge in [0.15, 0.2) is 6.29 Å². The molecule has 0 saturated carbocycles. The molecule has 1 saturated heterocycles. The van der Waals surface area contributed by atoms with Gasteiger partial charge in [-0.2, -0.15) is 0 Å². The topological polar surface area (TPSA) is 83.1 Å². The van der Waals surface area contributed by atoms with E-state index in [1.54, 1.807) is 20.8 Å². The van der Waals surface area contributed by atoms with Gasteiger partial charge in [-0.05, 0) is 40.0 Å². The van der Waals surface area contributed by atoms with Gasteiger partial charge in [-0.1, -0.05) is 6.08 Å². The molecule has 0 aromatic rings. The molecule has 132 valence electrons. The number of amides is 1. The molecule has 1 amide bonds. The van der Waals surface area contributed by atoms with E-state index in [4.69, 9.17) is 14.2 Å². The maximum absolute atomic E-state index is 11.9. The summed E-state index contributed by atoms with van der Waals surface area (Å²) < 4.78 is 20.9. The Labute approximate surface area is 137 Å². The van der Waals surface area contributed by atoms with Crippen molar-refractivity contribution in [3.05, 3.63) is 12.2 Å². The molecule has 1 N–H and O–H groups in total. The van der Waals surface area contributed by atoms with Gasteiger partial charge in [0, 0.05) is 12.7 Å². The zero-order valence-corrected chi connectivity index (χ0v) is 14.3. The largest absolute Gasteiger partial charge is 0.466 e. The van der Waals surface area contributed by atoms with Gasteiger partial charge >= 0.3 is 12.1 Å². The van der Waals surface area contributed by atoms with Crippen molar-refractivity contribution >= 4 is 12.1 Å². The highest BCUT2D eigenvalue weighted by Crippen LogP contribution is 2.14. The molecule has 0 aromatic carbocycles. The molecule has 0 bridgehead atoms. The Kier molecular flexibility index (Phi) is 8.05. The third-order valence-electron chi connectivity index (χ3n) is 2.97. The van der Waals surface area contributed by atoms with Crippen molar-refractivity contribution in [2.24, 2.45) is 0 Å². The first-order valence-corrected chi connectivity index (χ1v) is 7.79. The normalized spacial score (nSPS) is 20.1. The fourth-order valence-corrected chi connectivity index (χ4v) is 1.92. The number of alkyl carbamates (subject to hydrolysis) is 1. The fraction of sp³-hybridized carbons (Fsp3) is 0.750. The number of hydrogen-bond donors (Lipinski definition) is 1. The van der Waals surface area contributed by atoms with E-state index in [0.717, 1.165) is 19.3 Å². The van der Waals surface area contributed by atoms with Crippen molar-refractivity contribution in [1.82, 2.24) is 5.32 Å². The van der Waals surface area contributed by atoms with E-state index in [1.165, 1.54) is 19.3 Å². The van der Waals surface area contributed by atoms with Crippen LogP contribution in [-0.2, 0) is 23.7 Å². The van der Waals surface area contributed by atoms with E-state index in [-0.39, 0.29) is 12.9 Å². The lowest BCUT2D eigenvalue weighted by Gasteiger charge is -2.26. The van der Waals surface area contributed by atoms with Crippen LogP contribution in [0.15, 0.2) is 12.2 Å². The lowest BCUT2D eigenvalue weighted by molar-refractivity contribution is -0.164. The molecule has 7 nitrogen and oxygen atoms in total. The highest BCUT2D eigenvalue weighted by Gasteiger charge is 2.20. The Balaban J connectivity index is 2.55. The monoisotopic (exact) mass is 329 g/mol. The number of carbonyl (C=O) groups is 2. The molecule has 1 heterocycles. The van der Waals surface area contributed by atoms with Crippen molar-refractivity contribution in [3.63, 3.8) is 0 Å². The van der Waals surface area contributed by atoms with Crippen LogP contribution in [0.2, 0.25) is 0 Å². The van der Waals surface area contributed by atoms with E-state index >= 15 is 0 Å². The van der Waals surface area contributed by atoms with Gasteiger partial charge in [0.25, 0.3) is 0 Å². The molecule has 2 atom stereocenters. The van der Waals surface area contributed by atoms with E-state index in [9.17, 15) is 9.59 Å². The van der Waals surface area contributed by atoms with Crippen molar-refractivity contribution in [1.29, 1.82) is 0 Å². The van der Waals surface area contributed by atoms with Crippen LogP contribution in [0, 0.1) is 0 Å². The van der Waals surface area contributed by atoms with Crippen molar-refractivity contribution < 1.29 is 28.5 Å². The Morgan fingerprint density at radius 1 is 1.35 bits per heavy atom. The first-order valence-electron chi connectivity index (χ1n) is 7.79. The van der Waals surface area contributed by atoms with Gasteiger partial charge in [-0.15, -0.1) is 0 Å². The summed E-state index contributed by atoms with van der Waals surface area (Å²) >= 11 is 0. The number of carbonyl (C=O) groups excluding carboxylic acids is 2. The summed E-state index contributed by atoms with van der Waals surface area (Å²) in [4.78, 5) is 23.1. The summed E-state index contributed by atoms with van der Waals surface area (Å²) in [6, 6.07) is -0.519. The Bertz CT molecular complexity index is 409. The average Bonchev–Trinajstić information content (AvgIpc) is 2.48. The second kappa shape index (κ2) is 9.52. The third-order valence-corrected chi connectivity index (χ3v) is 2.97. The maximum atomic E-state index is 11.9. The minimum atomic E-state index is -0.603. The van der Waals surface area contributed by atoms with Crippen molar-refractivity contribution in [2.45, 2.75) is 58.0 Å². The highest BCUT2D eigenvalue weighted by atomic mass is 16.7. The van der Waals surface area contributed by atoms with E-state index in [0.29, 0.717) is 6.61 Å². The first-order chi connectivity index (χ1) is 10.8. The number of ether oxygens (including phenoxy) is 4. The van der Waals surface area contributed by atoms with Gasteiger partial charge in [0.05, 0.1) is 19.8 Å². The summed E-state index contributed by atoms with van der Waals surface area (Å²) in [5, 5.41) is 2.66. The van der Waals surface area contributed by atoms with E-state index < -0.39 is 23.7 Å². The van der Waals surface area contributed by atoms with Crippen LogP contribution in [0.1, 0.15) is 40.0 Å². The van der Waals surface area contributed by atoms with Crippen LogP contribution >= 0.6 is 0 Å². The van der Waals surface area contributed by atoms with Gasteiger partial charge in [-0.25, -0.2) is 9.59 Å². The minimum Gasteiger partial charge on any atom is -0.466 e. The molecule has 0 spiro atoms. The molecule has 0 aromatic heterocycles. The summed E-state index contributed by atoms with van der Waals surface area (Å²) in [5.41, 5.74) is -0.603. The molecule has 0 radical (unpaired) electrons. The summed E-state index contributed by atoms with van der Waals surface area (Å²) in [7, 11) is 1.29. The minimum absolute atomic E-state index is 0.178. The zero-order valence-electron chi connectivity index (χ0n) is 14.3. The zero-order chi connectivity index (χ0) is 17.3. The number of rotatable bonds is 6. The Morgan fingerprint density at radius 2 is 2.09 bits per heavy atom. The van der Waals surface area contributed by atoms with Crippen LogP contribution in [0.4, 0.5) is 4.79 Å². The van der Waals surface area contributed by atoms with Gasteiger partial charge < -0.3 is 24.3 Å². The molecule has 2 unspecified atom stereocenters. The highest BCUT2D eigenvalue weighted by molar-refractivity contribution is 5.82. The number of hydrogen-bond acceptors (Lipinski definition) is 6. The molecule has 0 aliphatic carbocycles. The average molecular weight is 329 g/mol. The van der Waals surface area contributed by atoms with E-state index in [1.807, 2.05) is 0 Å². The van der Waals surface area contributed by atoms with Gasteiger partial charge in [-0.3, -0.25) is 0 Å². The molecular formula is C16H27NO6. The molecule has 1 aliphatic heterocycles. The Morgan fingerprint density at radius 3 is 2.65 bits per heavy atom. The van der Waals surface area contributed by atoms with E-state index in [2.05, 4.69) is 10.1 Å². The summed E-state index contributed by atoms with van der Waals surface area (Å²) in [5.74, 6) is -0.505. The maximum Gasteiger partial charge on any atom is 0.408 e. The number of nitrogens with one attached hydrogen (secondary N) is 1. The predicted octanol–water partition coefficient (Wildman–Crippen LogP) is 2.15. The van der Waals surface area contributed by atoms with Crippen LogP contribution in [0.5, 0.6) is 0 Å². The van der Waals surface area contributed by atoms with Crippen LogP contribution < -0.4 is 5.32 Å². The number of methoxy groups -OCH3 is 1. The lowest BCUT2D eigenvalue weighted by Crippen LogP contribution is -2.41. The summed E-state index contributed by atoms with van der Waals surface area (Å²) in [6.45, 7) is 6.18. The molecular weight excluding hydrogens is 302 g/mol. The Hall–Kier alpha value is -1.60. The summed E-state index contributed by atoms with van der Waals surface area (Å²) in [6.07, 6.45) is 4.79.